The van der Waals surface area contributed by atoms with Gasteiger partial charge < -0.3 is 4.98 Å². The number of hydrogen-bond donors (Lipinski definition) is 1. The molecule has 1 saturated carbocycles. The van der Waals surface area contributed by atoms with E-state index in [2.05, 4.69) is 66.9 Å². The summed E-state index contributed by atoms with van der Waals surface area (Å²) in [5.41, 5.74) is 1.18. The first-order valence-electron chi connectivity index (χ1n) is 7.83. The maximum Gasteiger partial charge on any atom is 0.126 e. The fraction of sp³-hybridized carbons (Fsp3) is 1.00. The van der Waals surface area contributed by atoms with Gasteiger partial charge in [-0.15, -0.1) is 0 Å². The van der Waals surface area contributed by atoms with Crippen molar-refractivity contribution in [1.29, 1.82) is 0 Å². The van der Waals surface area contributed by atoms with Gasteiger partial charge in [0.1, 0.15) is 8.24 Å². The van der Waals surface area contributed by atoms with Crippen LogP contribution in [0.2, 0.25) is 18.1 Å². The van der Waals surface area contributed by atoms with Crippen LogP contribution < -0.4 is 4.98 Å². The van der Waals surface area contributed by atoms with Crippen LogP contribution in [0, 0.1) is 23.7 Å². The highest BCUT2D eigenvalue weighted by molar-refractivity contribution is 6.78. The lowest BCUT2D eigenvalue weighted by Gasteiger charge is -2.43. The van der Waals surface area contributed by atoms with Gasteiger partial charge in [-0.3, -0.25) is 0 Å². The number of hydrogen-bond acceptors (Lipinski definition) is 1. The van der Waals surface area contributed by atoms with Crippen molar-refractivity contribution < 1.29 is 0 Å². The minimum Gasteiger partial charge on any atom is -0.332 e. The Hall–Kier alpha value is 0.177. The van der Waals surface area contributed by atoms with Gasteiger partial charge in [0.05, 0.1) is 0 Å². The summed E-state index contributed by atoms with van der Waals surface area (Å²) >= 11 is 0. The summed E-state index contributed by atoms with van der Waals surface area (Å²) < 4.78 is 0. The highest BCUT2D eigenvalue weighted by Crippen LogP contribution is 2.53. The molecule has 0 bridgehead atoms. The summed E-state index contributed by atoms with van der Waals surface area (Å²) in [5, 5.41) is 0. The molecule has 0 aliphatic heterocycles. The van der Waals surface area contributed by atoms with E-state index in [1.807, 2.05) is 0 Å². The Kier molecular flexibility index (Phi) is 4.76. The molecular weight excluding hydrogens is 234 g/mol. The largest absolute Gasteiger partial charge is 0.332 e. The van der Waals surface area contributed by atoms with Gasteiger partial charge in [-0.25, -0.2) is 0 Å². The minimum absolute atomic E-state index is 0.255. The zero-order valence-electron chi connectivity index (χ0n) is 14.1. The molecule has 1 nitrogen and oxygen atoms in total. The molecule has 1 fully saturated rings. The van der Waals surface area contributed by atoms with Crippen LogP contribution in [-0.4, -0.2) is 13.8 Å². The molecule has 1 aliphatic carbocycles. The van der Waals surface area contributed by atoms with Crippen LogP contribution in [0.1, 0.15) is 55.4 Å². The van der Waals surface area contributed by atoms with E-state index < -0.39 is 8.24 Å². The molecule has 5 atom stereocenters. The van der Waals surface area contributed by atoms with Crippen LogP contribution in [0.25, 0.3) is 0 Å². The Morgan fingerprint density at radius 1 is 0.889 bits per heavy atom. The fourth-order valence-corrected chi connectivity index (χ4v) is 9.97. The SMILES string of the molecule is CC[Si](C)(NC(C)(C)C)C1C(C)C(C)C(C)C1C. The second kappa shape index (κ2) is 5.28. The van der Waals surface area contributed by atoms with Crippen molar-refractivity contribution in [2.75, 3.05) is 0 Å². The zero-order valence-corrected chi connectivity index (χ0v) is 15.1. The van der Waals surface area contributed by atoms with E-state index in [9.17, 15) is 0 Å². The van der Waals surface area contributed by atoms with E-state index in [1.54, 1.807) is 0 Å². The maximum absolute atomic E-state index is 4.07. The van der Waals surface area contributed by atoms with Gasteiger partial charge in [-0.1, -0.05) is 41.2 Å². The lowest BCUT2D eigenvalue weighted by molar-refractivity contribution is 0.352. The first kappa shape index (κ1) is 16.2. The maximum atomic E-state index is 4.07. The molecule has 1 aliphatic rings. The Morgan fingerprint density at radius 3 is 1.56 bits per heavy atom. The van der Waals surface area contributed by atoms with Crippen LogP contribution in [0.15, 0.2) is 0 Å². The lowest BCUT2D eigenvalue weighted by atomic mass is 9.92. The van der Waals surface area contributed by atoms with E-state index in [4.69, 9.17) is 0 Å². The van der Waals surface area contributed by atoms with Gasteiger partial charge in [0.2, 0.25) is 0 Å². The molecule has 0 spiro atoms. The third kappa shape index (κ3) is 3.01. The molecule has 0 aromatic carbocycles. The van der Waals surface area contributed by atoms with Crippen molar-refractivity contribution >= 4 is 8.24 Å². The molecule has 2 heteroatoms. The molecule has 5 unspecified atom stereocenters. The normalized spacial score (nSPS) is 40.8. The van der Waals surface area contributed by atoms with Crippen LogP contribution >= 0.6 is 0 Å². The first-order chi connectivity index (χ1) is 8.03. The van der Waals surface area contributed by atoms with E-state index in [1.165, 1.54) is 6.04 Å². The molecule has 0 radical (unpaired) electrons. The summed E-state index contributed by atoms with van der Waals surface area (Å²) in [7, 11) is -1.39. The fourth-order valence-electron chi connectivity index (χ4n) is 4.52. The second-order valence-electron chi connectivity index (χ2n) is 8.11. The van der Waals surface area contributed by atoms with Crippen molar-refractivity contribution in [2.24, 2.45) is 23.7 Å². The van der Waals surface area contributed by atoms with Gasteiger partial charge in [0.15, 0.2) is 0 Å². The van der Waals surface area contributed by atoms with Crippen molar-refractivity contribution in [3.05, 3.63) is 0 Å². The first-order valence-corrected chi connectivity index (χ1v) is 10.6. The molecule has 108 valence electrons. The molecule has 0 saturated heterocycles. The van der Waals surface area contributed by atoms with Crippen LogP contribution in [0.5, 0.6) is 0 Å². The van der Waals surface area contributed by atoms with E-state index in [0.717, 1.165) is 29.2 Å². The molecular formula is C16H35NSi. The van der Waals surface area contributed by atoms with E-state index >= 15 is 0 Å². The summed E-state index contributed by atoms with van der Waals surface area (Å²) in [6.07, 6.45) is 0. The van der Waals surface area contributed by atoms with Crippen molar-refractivity contribution in [3.8, 4) is 0 Å². The number of rotatable bonds is 3. The molecule has 0 amide bonds. The summed E-state index contributed by atoms with van der Waals surface area (Å²) in [5.74, 6) is 3.51. The summed E-state index contributed by atoms with van der Waals surface area (Å²) in [4.78, 5) is 4.07. The van der Waals surface area contributed by atoms with Gasteiger partial charge >= 0.3 is 0 Å². The molecule has 0 aromatic rings. The molecule has 0 heterocycles. The summed E-state index contributed by atoms with van der Waals surface area (Å²) in [6, 6.07) is 1.35. The van der Waals surface area contributed by atoms with Gasteiger partial charge in [-0.05, 0) is 56.0 Å². The van der Waals surface area contributed by atoms with Gasteiger partial charge in [0.25, 0.3) is 0 Å². The van der Waals surface area contributed by atoms with Crippen molar-refractivity contribution in [2.45, 2.75) is 79.1 Å². The number of nitrogens with one attached hydrogen (secondary N) is 1. The molecule has 1 N–H and O–H groups in total. The van der Waals surface area contributed by atoms with Crippen LogP contribution in [0.3, 0.4) is 0 Å². The van der Waals surface area contributed by atoms with E-state index in [-0.39, 0.29) is 5.54 Å². The Morgan fingerprint density at radius 2 is 1.28 bits per heavy atom. The lowest BCUT2D eigenvalue weighted by Crippen LogP contribution is -2.60. The molecule has 1 rings (SSSR count). The Labute approximate surface area is 116 Å². The zero-order chi connectivity index (χ0) is 14.3. The van der Waals surface area contributed by atoms with Gasteiger partial charge in [-0.2, -0.15) is 0 Å². The third-order valence-corrected chi connectivity index (χ3v) is 11.1. The Balaban J connectivity index is 3.01. The molecule has 18 heavy (non-hydrogen) atoms. The quantitative estimate of drug-likeness (QED) is 0.719. The topological polar surface area (TPSA) is 12.0 Å². The van der Waals surface area contributed by atoms with Gasteiger partial charge in [0, 0.05) is 5.54 Å². The average Bonchev–Trinajstić information content (AvgIpc) is 2.41. The van der Waals surface area contributed by atoms with Crippen molar-refractivity contribution in [1.82, 2.24) is 4.98 Å². The Bertz CT molecular complexity index is 269. The second-order valence-corrected chi connectivity index (χ2v) is 12.6. The standard InChI is InChI=1S/C16H35NSi/c1-10-18(9,17-16(6,7)8)15-13(4)11(2)12(3)14(15)5/h11-15,17H,10H2,1-9H3. The van der Waals surface area contributed by atoms with Crippen LogP contribution in [-0.2, 0) is 0 Å². The highest BCUT2D eigenvalue weighted by atomic mass is 28.3. The summed E-state index contributed by atoms with van der Waals surface area (Å²) in [6.45, 7) is 21.9. The van der Waals surface area contributed by atoms with E-state index in [0.29, 0.717) is 0 Å². The minimum atomic E-state index is -1.39. The average molecular weight is 270 g/mol. The smallest absolute Gasteiger partial charge is 0.126 e. The molecule has 0 aromatic heterocycles. The highest BCUT2D eigenvalue weighted by Gasteiger charge is 2.51. The predicted octanol–water partition coefficient (Wildman–Crippen LogP) is 4.90. The van der Waals surface area contributed by atoms with Crippen LogP contribution in [0.4, 0.5) is 0 Å². The monoisotopic (exact) mass is 269 g/mol. The van der Waals surface area contributed by atoms with Crippen molar-refractivity contribution in [3.63, 3.8) is 0 Å². The predicted molar refractivity (Wildman–Crippen MR) is 85.4 cm³/mol. The third-order valence-electron chi connectivity index (χ3n) is 5.75.